The molecule has 6 nitrogen and oxygen atoms in total. The van der Waals surface area contributed by atoms with Gasteiger partial charge in [-0.3, -0.25) is 0 Å². The predicted octanol–water partition coefficient (Wildman–Crippen LogP) is 5.00. The van der Waals surface area contributed by atoms with Crippen molar-refractivity contribution in [3.05, 3.63) is 24.3 Å². The zero-order chi connectivity index (χ0) is 20.5. The molecule has 4 rings (SSSR count). The average Bonchev–Trinajstić information content (AvgIpc) is 3.28. The van der Waals surface area contributed by atoms with Crippen LogP contribution in [0.25, 0.3) is 11.0 Å². The summed E-state index contributed by atoms with van der Waals surface area (Å²) in [5.41, 5.74) is 1.83. The molecule has 2 aliphatic rings. The van der Waals surface area contributed by atoms with Crippen LogP contribution in [0.15, 0.2) is 24.3 Å². The Bertz CT molecular complexity index is 800. The molecule has 2 unspecified atom stereocenters. The van der Waals surface area contributed by atoms with Crippen LogP contribution in [0.3, 0.4) is 0 Å². The Morgan fingerprint density at radius 2 is 1.61 bits per heavy atom. The van der Waals surface area contributed by atoms with Crippen LogP contribution in [0.2, 0.25) is 0 Å². The Balaban J connectivity index is 0.000000279. The topological polar surface area (TPSA) is 46.4 Å². The number of aromatic nitrogens is 3. The molecule has 1 aromatic carbocycles. The van der Waals surface area contributed by atoms with Gasteiger partial charge in [-0.1, -0.05) is 17.0 Å². The van der Waals surface area contributed by atoms with Crippen molar-refractivity contribution in [1.29, 1.82) is 0 Å². The number of hydrogen-bond donors (Lipinski definition) is 0. The van der Waals surface area contributed by atoms with E-state index in [1.54, 1.807) is 4.85 Å². The molecule has 3 heterocycles. The van der Waals surface area contributed by atoms with Crippen LogP contribution in [-0.4, -0.2) is 50.4 Å². The van der Waals surface area contributed by atoms with Crippen molar-refractivity contribution in [2.24, 2.45) is 0 Å². The van der Waals surface area contributed by atoms with E-state index in [4.69, 9.17) is 4.84 Å². The summed E-state index contributed by atoms with van der Waals surface area (Å²) in [5.74, 6) is 0. The molecule has 2 atom stereocenters. The number of benzene rings is 1. The van der Waals surface area contributed by atoms with Crippen molar-refractivity contribution in [1.82, 2.24) is 24.5 Å². The van der Waals surface area contributed by atoms with Crippen LogP contribution >= 0.6 is 16.7 Å². The molecule has 0 amide bonds. The van der Waals surface area contributed by atoms with Gasteiger partial charge in [-0.05, 0) is 36.6 Å². The van der Waals surface area contributed by atoms with Crippen molar-refractivity contribution in [3.8, 4) is 0 Å². The summed E-state index contributed by atoms with van der Waals surface area (Å²) in [5, 5.41) is 8.29. The van der Waals surface area contributed by atoms with Crippen LogP contribution in [0.1, 0.15) is 25.7 Å². The van der Waals surface area contributed by atoms with Crippen molar-refractivity contribution in [2.75, 3.05) is 19.6 Å². The van der Waals surface area contributed by atoms with Gasteiger partial charge in [0.25, 0.3) is 0 Å². The molecule has 28 heavy (non-hydrogen) atoms. The van der Waals surface area contributed by atoms with E-state index < -0.39 is 7.81 Å². The molecular formula is C14H21F6N5OP2. The Morgan fingerprint density at radius 3 is 2.29 bits per heavy atom. The standard InChI is InChI=1S/C14H20N5OP.F6P/c1-2-7-13-12(6-1)15-16-19(13)20-14-8-5-11-18(14)21-17-9-3-4-10-17;1-7(2,3,4,5)6/h1-2,6-7,14,21H,3-5,8-11H2;/q;-1/p+1. The van der Waals surface area contributed by atoms with Crippen LogP contribution < -0.4 is 4.84 Å². The van der Waals surface area contributed by atoms with Crippen LogP contribution in [0.4, 0.5) is 25.2 Å². The van der Waals surface area contributed by atoms with E-state index >= 15 is 0 Å². The maximum Gasteiger partial charge on any atom is 0.211 e. The maximum absolute atomic E-state index is 10.7. The minimum atomic E-state index is -10.7. The summed E-state index contributed by atoms with van der Waals surface area (Å²) < 4.78 is 64.3. The number of halogens is 6. The van der Waals surface area contributed by atoms with E-state index in [0.29, 0.717) is 0 Å². The first kappa shape index (κ1) is 21.5. The molecule has 2 saturated heterocycles. The Morgan fingerprint density at radius 1 is 0.964 bits per heavy atom. The minimum absolute atomic E-state index is 0.144. The quantitative estimate of drug-likeness (QED) is 0.484. The van der Waals surface area contributed by atoms with Crippen molar-refractivity contribution >= 4 is 27.7 Å². The maximum atomic E-state index is 9.87. The fourth-order valence-electron chi connectivity index (χ4n) is 3.11. The van der Waals surface area contributed by atoms with E-state index in [2.05, 4.69) is 19.7 Å². The first-order chi connectivity index (χ1) is 12.8. The van der Waals surface area contributed by atoms with Gasteiger partial charge in [-0.2, -0.15) is 4.67 Å². The molecular weight excluding hydrogens is 430 g/mol. The van der Waals surface area contributed by atoms with Crippen LogP contribution in [0.5, 0.6) is 0 Å². The third kappa shape index (κ3) is 7.31. The molecule has 0 N–H and O–H groups in total. The third-order valence-electron chi connectivity index (χ3n) is 4.23. The number of hydrogen-bond acceptors (Lipinski definition) is 5. The molecule has 0 aliphatic carbocycles. The molecule has 0 spiro atoms. The molecule has 0 radical (unpaired) electrons. The normalized spacial score (nSPS) is 24.3. The van der Waals surface area contributed by atoms with Gasteiger partial charge in [-0.15, -0.1) is 9.77 Å². The molecule has 1 aromatic heterocycles. The van der Waals surface area contributed by atoms with Gasteiger partial charge in [0.2, 0.25) is 6.23 Å². The minimum Gasteiger partial charge on any atom is -0.372 e. The Hall–Kier alpha value is -1.22. The average molecular weight is 451 g/mol. The second-order valence-corrected chi connectivity index (χ2v) is 10.2. The predicted molar refractivity (Wildman–Crippen MR) is 97.9 cm³/mol. The fraction of sp³-hybridized carbons (Fsp3) is 0.571. The molecule has 2 aliphatic heterocycles. The second-order valence-electron chi connectivity index (χ2n) is 6.71. The zero-order valence-corrected chi connectivity index (χ0v) is 16.8. The van der Waals surface area contributed by atoms with Gasteiger partial charge in [0.15, 0.2) is 0 Å². The summed E-state index contributed by atoms with van der Waals surface area (Å²) in [6.45, 7) is 3.65. The molecule has 14 heteroatoms. The van der Waals surface area contributed by atoms with Gasteiger partial charge in [-0.25, -0.2) is 0 Å². The smallest absolute Gasteiger partial charge is 0.211 e. The van der Waals surface area contributed by atoms with Crippen molar-refractivity contribution in [2.45, 2.75) is 31.9 Å². The van der Waals surface area contributed by atoms with Gasteiger partial charge in [0, 0.05) is 26.1 Å². The van der Waals surface area contributed by atoms with Crippen molar-refractivity contribution in [3.63, 3.8) is 0 Å². The summed E-state index contributed by atoms with van der Waals surface area (Å²) in [6.07, 6.45) is 5.12. The number of fused-ring (bicyclic) bond motifs is 1. The molecule has 0 saturated carbocycles. The summed E-state index contributed by atoms with van der Waals surface area (Å²) in [4.78, 5) is 7.71. The summed E-state index contributed by atoms with van der Waals surface area (Å²) in [7, 11) is -10.5. The van der Waals surface area contributed by atoms with E-state index in [9.17, 15) is 25.2 Å². The Kier molecular flexibility index (Phi) is 5.55. The number of para-hydroxylation sites is 1. The first-order valence-corrected chi connectivity index (χ1v) is 11.8. The van der Waals surface area contributed by atoms with Gasteiger partial charge < -0.3 is 4.84 Å². The van der Waals surface area contributed by atoms with E-state index in [0.717, 1.165) is 24.0 Å². The third-order valence-corrected chi connectivity index (χ3v) is 5.96. The van der Waals surface area contributed by atoms with Crippen molar-refractivity contribution < 1.29 is 30.0 Å². The monoisotopic (exact) mass is 451 g/mol. The van der Waals surface area contributed by atoms with Gasteiger partial charge >= 0.3 is 33.0 Å². The summed E-state index contributed by atoms with van der Waals surface area (Å²) in [6, 6.07) is 7.93. The van der Waals surface area contributed by atoms with E-state index in [-0.39, 0.29) is 15.1 Å². The largest absolute Gasteiger partial charge is 0.372 e. The van der Waals surface area contributed by atoms with E-state index in [1.807, 2.05) is 24.3 Å². The SMILES string of the molecule is F[P-](F)(F)(F)(F)F.c1ccc2c(c1)nnn2OC1CCCN1[PH2+]N1CCCC1. The molecule has 0 bridgehead atoms. The molecule has 160 valence electrons. The van der Waals surface area contributed by atoms with Gasteiger partial charge in [0.1, 0.15) is 19.9 Å². The van der Waals surface area contributed by atoms with Crippen LogP contribution in [-0.2, 0) is 0 Å². The number of rotatable bonds is 4. The second kappa shape index (κ2) is 7.23. The van der Waals surface area contributed by atoms with Gasteiger partial charge in [0.05, 0.1) is 0 Å². The number of nitrogens with zero attached hydrogens (tertiary/aromatic N) is 5. The Labute approximate surface area is 158 Å². The zero-order valence-electron chi connectivity index (χ0n) is 14.8. The summed E-state index contributed by atoms with van der Waals surface area (Å²) >= 11 is 0. The fourth-order valence-corrected chi connectivity index (χ4v) is 4.78. The molecule has 2 fully saturated rings. The van der Waals surface area contributed by atoms with E-state index in [1.165, 1.54) is 32.4 Å². The first-order valence-electron chi connectivity index (χ1n) is 8.74. The van der Waals surface area contributed by atoms with Crippen LogP contribution in [0, 0.1) is 0 Å². The molecule has 2 aromatic rings.